The van der Waals surface area contributed by atoms with Crippen LogP contribution in [-0.2, 0) is 12.3 Å². The standard InChI is InChI=1S/C25H25ClF2N4O2/c1-34-21-8-5-14(13-29-21)24(33)31-17-4-2-3-16(12-17)30-22-18-9-10-25(27,28)23(18)32-20-7-6-15(26)11-19(20)22/h5-8,11,13,16-17H,2-4,9-10,12H2,1H3,(H,30,32)(H,31,33)/t16-,17+/m0/s1. The molecule has 5 rings (SSSR count). The number of carbonyl (C=O) groups excluding carboxylic acids is 1. The molecular formula is C25H25ClF2N4O2. The number of amides is 1. The van der Waals surface area contributed by atoms with Gasteiger partial charge in [-0.05, 0) is 56.4 Å². The van der Waals surface area contributed by atoms with Crippen LogP contribution in [0.3, 0.4) is 0 Å². The van der Waals surface area contributed by atoms with Gasteiger partial charge < -0.3 is 15.4 Å². The van der Waals surface area contributed by atoms with Crippen molar-refractivity contribution in [3.8, 4) is 5.88 Å². The van der Waals surface area contributed by atoms with Gasteiger partial charge in [-0.3, -0.25) is 4.79 Å². The van der Waals surface area contributed by atoms with Gasteiger partial charge in [0.15, 0.2) is 0 Å². The fraction of sp³-hybridized carbons (Fsp3) is 0.400. The lowest BCUT2D eigenvalue weighted by Crippen LogP contribution is -2.42. The average molecular weight is 487 g/mol. The summed E-state index contributed by atoms with van der Waals surface area (Å²) >= 11 is 6.23. The molecule has 178 valence electrons. The van der Waals surface area contributed by atoms with E-state index in [-0.39, 0.29) is 36.5 Å². The van der Waals surface area contributed by atoms with E-state index >= 15 is 0 Å². The van der Waals surface area contributed by atoms with Gasteiger partial charge in [-0.15, -0.1) is 0 Å². The van der Waals surface area contributed by atoms with E-state index in [1.54, 1.807) is 30.3 Å². The third-order valence-electron chi connectivity index (χ3n) is 6.65. The molecule has 6 nitrogen and oxygen atoms in total. The predicted octanol–water partition coefficient (Wildman–Crippen LogP) is 5.48. The first kappa shape index (κ1) is 22.8. The van der Waals surface area contributed by atoms with Crippen LogP contribution in [0.15, 0.2) is 36.5 Å². The van der Waals surface area contributed by atoms with E-state index in [2.05, 4.69) is 20.6 Å². The van der Waals surface area contributed by atoms with Crippen molar-refractivity contribution in [3.05, 3.63) is 58.4 Å². The topological polar surface area (TPSA) is 76.1 Å². The number of nitrogens with one attached hydrogen (secondary N) is 2. The fourth-order valence-corrected chi connectivity index (χ4v) is 5.12. The summed E-state index contributed by atoms with van der Waals surface area (Å²) in [6, 6.07) is 8.45. The second kappa shape index (κ2) is 8.98. The molecule has 2 atom stereocenters. The van der Waals surface area contributed by atoms with Crippen LogP contribution in [0.5, 0.6) is 5.88 Å². The molecule has 0 unspecified atom stereocenters. The van der Waals surface area contributed by atoms with Crippen LogP contribution >= 0.6 is 11.6 Å². The van der Waals surface area contributed by atoms with Gasteiger partial charge in [0.1, 0.15) is 5.69 Å². The van der Waals surface area contributed by atoms with Crippen molar-refractivity contribution in [1.82, 2.24) is 15.3 Å². The Hall–Kier alpha value is -3.00. The van der Waals surface area contributed by atoms with Crippen LogP contribution in [0, 0.1) is 0 Å². The normalized spacial score (nSPS) is 21.2. The number of nitrogens with zero attached hydrogens (tertiary/aromatic N) is 2. The largest absolute Gasteiger partial charge is 0.481 e. The number of alkyl halides is 2. The van der Waals surface area contributed by atoms with Gasteiger partial charge in [-0.1, -0.05) is 11.6 Å². The molecule has 0 spiro atoms. The van der Waals surface area contributed by atoms with Crippen molar-refractivity contribution >= 4 is 34.1 Å². The number of fused-ring (bicyclic) bond motifs is 2. The number of aromatic nitrogens is 2. The lowest BCUT2D eigenvalue weighted by atomic mass is 9.90. The maximum absolute atomic E-state index is 14.5. The minimum atomic E-state index is -2.94. The number of methoxy groups -OCH3 is 1. The first-order valence-electron chi connectivity index (χ1n) is 11.4. The van der Waals surface area contributed by atoms with E-state index < -0.39 is 5.92 Å². The van der Waals surface area contributed by atoms with Crippen molar-refractivity contribution in [2.45, 2.75) is 56.5 Å². The Morgan fingerprint density at radius 2 is 2.03 bits per heavy atom. The van der Waals surface area contributed by atoms with E-state index in [4.69, 9.17) is 16.3 Å². The SMILES string of the molecule is COc1ccc(C(=O)N[C@@H]2CCC[C@H](Nc3c4c(nc5ccc(Cl)cc35)C(F)(F)CC4)C2)cn1. The minimum Gasteiger partial charge on any atom is -0.481 e. The molecule has 2 aromatic heterocycles. The molecule has 34 heavy (non-hydrogen) atoms. The van der Waals surface area contributed by atoms with E-state index in [1.807, 2.05) is 0 Å². The smallest absolute Gasteiger partial charge is 0.290 e. The molecule has 3 aromatic rings. The van der Waals surface area contributed by atoms with Crippen molar-refractivity contribution in [1.29, 1.82) is 0 Å². The first-order chi connectivity index (χ1) is 16.3. The third kappa shape index (κ3) is 4.39. The Labute approximate surface area is 201 Å². The van der Waals surface area contributed by atoms with Gasteiger partial charge in [-0.2, -0.15) is 8.78 Å². The molecule has 0 bridgehead atoms. The number of halogens is 3. The van der Waals surface area contributed by atoms with Gasteiger partial charge in [0, 0.05) is 52.4 Å². The summed E-state index contributed by atoms with van der Waals surface area (Å²) < 4.78 is 34.1. The molecule has 0 saturated heterocycles. The number of hydrogen-bond acceptors (Lipinski definition) is 5. The Bertz CT molecular complexity index is 1240. The molecule has 1 aromatic carbocycles. The van der Waals surface area contributed by atoms with Gasteiger partial charge in [-0.25, -0.2) is 9.97 Å². The highest BCUT2D eigenvalue weighted by molar-refractivity contribution is 6.31. The van der Waals surface area contributed by atoms with Crippen LogP contribution in [0.25, 0.3) is 10.9 Å². The third-order valence-corrected chi connectivity index (χ3v) is 6.88. The lowest BCUT2D eigenvalue weighted by molar-refractivity contribution is -0.00567. The summed E-state index contributed by atoms with van der Waals surface area (Å²) in [6.07, 6.45) is 4.84. The molecule has 1 fully saturated rings. The van der Waals surface area contributed by atoms with E-state index in [1.165, 1.54) is 13.3 Å². The quantitative estimate of drug-likeness (QED) is 0.499. The highest BCUT2D eigenvalue weighted by atomic mass is 35.5. The van der Waals surface area contributed by atoms with Crippen LogP contribution in [0.4, 0.5) is 14.5 Å². The highest BCUT2D eigenvalue weighted by Gasteiger charge is 2.43. The van der Waals surface area contributed by atoms with E-state index in [0.29, 0.717) is 39.7 Å². The molecule has 2 aliphatic rings. The molecule has 2 N–H and O–H groups in total. The number of benzene rings is 1. The van der Waals surface area contributed by atoms with E-state index in [9.17, 15) is 13.6 Å². The highest BCUT2D eigenvalue weighted by Crippen LogP contribution is 2.46. The molecule has 0 aliphatic heterocycles. The van der Waals surface area contributed by atoms with Crippen molar-refractivity contribution < 1.29 is 18.3 Å². The van der Waals surface area contributed by atoms with Crippen molar-refractivity contribution in [2.24, 2.45) is 0 Å². The maximum atomic E-state index is 14.5. The average Bonchev–Trinajstić information content (AvgIpc) is 3.13. The zero-order valence-corrected chi connectivity index (χ0v) is 19.5. The number of pyridine rings is 2. The monoisotopic (exact) mass is 486 g/mol. The molecule has 2 heterocycles. The fourth-order valence-electron chi connectivity index (χ4n) is 4.95. The summed E-state index contributed by atoms with van der Waals surface area (Å²) in [7, 11) is 1.52. The number of carbonyl (C=O) groups is 1. The Balaban J connectivity index is 1.37. The lowest BCUT2D eigenvalue weighted by Gasteiger charge is -2.32. The maximum Gasteiger partial charge on any atom is 0.290 e. The van der Waals surface area contributed by atoms with Crippen molar-refractivity contribution in [2.75, 3.05) is 12.4 Å². The molecule has 0 radical (unpaired) electrons. The number of hydrogen-bond donors (Lipinski definition) is 2. The van der Waals surface area contributed by atoms with Crippen LogP contribution in [0.1, 0.15) is 53.7 Å². The Morgan fingerprint density at radius 3 is 2.79 bits per heavy atom. The molecule has 2 aliphatic carbocycles. The van der Waals surface area contributed by atoms with Crippen LogP contribution in [0.2, 0.25) is 5.02 Å². The van der Waals surface area contributed by atoms with Crippen molar-refractivity contribution in [3.63, 3.8) is 0 Å². The predicted molar refractivity (Wildman–Crippen MR) is 127 cm³/mol. The van der Waals surface area contributed by atoms with E-state index in [0.717, 1.165) is 24.6 Å². The first-order valence-corrected chi connectivity index (χ1v) is 11.8. The molecule has 1 saturated carbocycles. The van der Waals surface area contributed by atoms with Gasteiger partial charge >= 0.3 is 0 Å². The number of rotatable bonds is 5. The van der Waals surface area contributed by atoms with Gasteiger partial charge in [0.25, 0.3) is 11.8 Å². The Kier molecular flexibility index (Phi) is 6.02. The molecule has 9 heteroatoms. The van der Waals surface area contributed by atoms with Gasteiger partial charge in [0.05, 0.1) is 18.2 Å². The Morgan fingerprint density at radius 1 is 1.21 bits per heavy atom. The summed E-state index contributed by atoms with van der Waals surface area (Å²) in [6.45, 7) is 0. The number of ether oxygens (including phenoxy) is 1. The van der Waals surface area contributed by atoms with Gasteiger partial charge in [0.2, 0.25) is 5.88 Å². The number of anilines is 1. The van der Waals surface area contributed by atoms with Crippen LogP contribution < -0.4 is 15.4 Å². The second-order valence-corrected chi connectivity index (χ2v) is 9.38. The summed E-state index contributed by atoms with van der Waals surface area (Å²) in [4.78, 5) is 21.1. The molecule has 1 amide bonds. The zero-order valence-electron chi connectivity index (χ0n) is 18.7. The zero-order chi connectivity index (χ0) is 23.9. The van der Waals surface area contributed by atoms with Crippen LogP contribution in [-0.4, -0.2) is 35.1 Å². The summed E-state index contributed by atoms with van der Waals surface area (Å²) in [5.41, 5.74) is 2.08. The summed E-state index contributed by atoms with van der Waals surface area (Å²) in [5, 5.41) is 7.90. The second-order valence-electron chi connectivity index (χ2n) is 8.95. The minimum absolute atomic E-state index is 0.0240. The summed E-state index contributed by atoms with van der Waals surface area (Å²) in [5.74, 6) is -2.68. The molecular weight excluding hydrogens is 462 g/mol.